The molecule has 210 valence electrons. The predicted molar refractivity (Wildman–Crippen MR) is 153 cm³/mol. The molecule has 2 aromatic carbocycles. The van der Waals surface area contributed by atoms with E-state index in [1.165, 1.54) is 6.08 Å². The summed E-state index contributed by atoms with van der Waals surface area (Å²) in [4.78, 5) is 11.1. The van der Waals surface area contributed by atoms with Gasteiger partial charge >= 0.3 is 5.97 Å². The molecule has 0 spiro atoms. The molecule has 0 bridgehead atoms. The summed E-state index contributed by atoms with van der Waals surface area (Å²) in [5, 5.41) is 19.7. The van der Waals surface area contributed by atoms with Crippen LogP contribution >= 0.6 is 0 Å². The summed E-state index contributed by atoms with van der Waals surface area (Å²) in [6, 6.07) is 10.3. The average Bonchev–Trinajstić information content (AvgIpc) is 2.88. The molecule has 6 heteroatoms. The number of carbonyl (C=O) groups is 1. The summed E-state index contributed by atoms with van der Waals surface area (Å²) < 4.78 is 17.6. The zero-order chi connectivity index (χ0) is 28.5. The van der Waals surface area contributed by atoms with E-state index < -0.39 is 5.97 Å². The maximum atomic E-state index is 11.1. The highest BCUT2D eigenvalue weighted by atomic mass is 16.5. The molecule has 1 unspecified atom stereocenters. The lowest BCUT2D eigenvalue weighted by molar-refractivity contribution is -0.131. The summed E-state index contributed by atoms with van der Waals surface area (Å²) in [7, 11) is 1.67. The third-order valence-corrected chi connectivity index (χ3v) is 8.00. The number of ether oxygens (including phenoxy) is 3. The van der Waals surface area contributed by atoms with Crippen LogP contribution in [0.25, 0.3) is 6.08 Å². The van der Waals surface area contributed by atoms with Crippen LogP contribution in [-0.2, 0) is 19.7 Å². The van der Waals surface area contributed by atoms with Gasteiger partial charge < -0.3 is 24.4 Å². The van der Waals surface area contributed by atoms with Gasteiger partial charge in [-0.2, -0.15) is 0 Å². The number of hydrogen-bond acceptors (Lipinski definition) is 5. The zero-order valence-corrected chi connectivity index (χ0v) is 24.4. The molecule has 1 atom stereocenters. The summed E-state index contributed by atoms with van der Waals surface area (Å²) in [6.07, 6.45) is 5.10. The number of aromatic hydroxyl groups is 1. The van der Waals surface area contributed by atoms with Gasteiger partial charge in [-0.05, 0) is 79.0 Å². The van der Waals surface area contributed by atoms with E-state index in [9.17, 15) is 9.90 Å². The lowest BCUT2D eigenvalue weighted by atomic mass is 9.69. The fraction of sp³-hybridized carbons (Fsp3) is 0.531. The third-order valence-electron chi connectivity index (χ3n) is 8.00. The first-order valence-electron chi connectivity index (χ1n) is 13.5. The van der Waals surface area contributed by atoms with Crippen molar-refractivity contribution < 1.29 is 29.2 Å². The Morgan fingerprint density at radius 1 is 0.974 bits per heavy atom. The lowest BCUT2D eigenvalue weighted by Crippen LogP contribution is -2.37. The second-order valence-corrected chi connectivity index (χ2v) is 10.7. The van der Waals surface area contributed by atoms with Gasteiger partial charge in [-0.3, -0.25) is 0 Å². The van der Waals surface area contributed by atoms with Crippen molar-refractivity contribution in [1.29, 1.82) is 0 Å². The van der Waals surface area contributed by atoms with E-state index in [0.29, 0.717) is 30.9 Å². The molecule has 0 aliphatic carbocycles. The second kappa shape index (κ2) is 13.8. The zero-order valence-electron chi connectivity index (χ0n) is 24.4. The van der Waals surface area contributed by atoms with Gasteiger partial charge in [-0.25, -0.2) is 4.79 Å². The van der Waals surface area contributed by atoms with Crippen LogP contribution in [0.5, 0.6) is 11.5 Å². The summed E-state index contributed by atoms with van der Waals surface area (Å²) in [5.74, 6) is -0.122. The number of aryl methyl sites for hydroxylation is 2. The number of carboxylic acids is 1. The minimum Gasteiger partial charge on any atom is -0.507 e. The Morgan fingerprint density at radius 2 is 1.63 bits per heavy atom. The Bertz CT molecular complexity index is 1100. The standard InChI is InChI=1S/C32H46O6/c1-9-31(6,7)28(37-17-16-36-8)21-38-27-14-13-25(18-22(27)4)32(10-2,11-3)26-19-23(5)30(35)24(20-26)12-15-29(33)34/h12-15,18-20,28,35H,9-11,16-17,21H2,1-8H3,(H,33,34)/b15-12+. The Balaban J connectivity index is 2.41. The van der Waals surface area contributed by atoms with Crippen molar-refractivity contribution in [2.75, 3.05) is 26.9 Å². The highest BCUT2D eigenvalue weighted by Crippen LogP contribution is 2.42. The quantitative estimate of drug-likeness (QED) is 0.191. The van der Waals surface area contributed by atoms with E-state index in [1.807, 2.05) is 25.1 Å². The summed E-state index contributed by atoms with van der Waals surface area (Å²) in [6.45, 7) is 16.3. The molecule has 0 aromatic heterocycles. The van der Waals surface area contributed by atoms with Crippen LogP contribution in [0.2, 0.25) is 0 Å². The number of benzene rings is 2. The molecule has 0 saturated heterocycles. The maximum absolute atomic E-state index is 11.1. The molecule has 6 nitrogen and oxygen atoms in total. The van der Waals surface area contributed by atoms with Gasteiger partial charge in [0.25, 0.3) is 0 Å². The highest BCUT2D eigenvalue weighted by Gasteiger charge is 2.33. The van der Waals surface area contributed by atoms with Crippen LogP contribution in [0.4, 0.5) is 0 Å². The molecule has 0 aliphatic rings. The van der Waals surface area contributed by atoms with E-state index in [1.54, 1.807) is 7.11 Å². The molecule has 2 aromatic rings. The molecule has 0 fully saturated rings. The number of hydrogen-bond donors (Lipinski definition) is 2. The van der Waals surface area contributed by atoms with Gasteiger partial charge in [0.05, 0.1) is 19.3 Å². The minimum atomic E-state index is -1.05. The molecule has 0 aliphatic heterocycles. The fourth-order valence-electron chi connectivity index (χ4n) is 4.88. The van der Waals surface area contributed by atoms with E-state index in [0.717, 1.165) is 47.8 Å². The van der Waals surface area contributed by atoms with E-state index in [4.69, 9.17) is 19.3 Å². The topological polar surface area (TPSA) is 85.2 Å². The SMILES string of the molecule is CCC(CC)(c1ccc(OCC(OCCOC)C(C)(C)CC)c(C)c1)c1cc(C)c(O)c(/C=C/C(=O)O)c1. The molecule has 2 N–H and O–H groups in total. The van der Waals surface area contributed by atoms with Crippen LogP contribution < -0.4 is 4.74 Å². The van der Waals surface area contributed by atoms with Crippen molar-refractivity contribution in [2.45, 2.75) is 79.2 Å². The van der Waals surface area contributed by atoms with Crippen molar-refractivity contribution in [3.05, 3.63) is 64.2 Å². The first-order valence-corrected chi connectivity index (χ1v) is 13.5. The normalized spacial score (nSPS) is 13.2. The van der Waals surface area contributed by atoms with Crippen molar-refractivity contribution in [1.82, 2.24) is 0 Å². The minimum absolute atomic E-state index is 0.0370. The van der Waals surface area contributed by atoms with Gasteiger partial charge in [0.2, 0.25) is 0 Å². The number of phenols is 1. The van der Waals surface area contributed by atoms with Crippen molar-refractivity contribution in [3.8, 4) is 11.5 Å². The monoisotopic (exact) mass is 526 g/mol. The number of aliphatic carboxylic acids is 1. The average molecular weight is 527 g/mol. The van der Waals surface area contributed by atoms with Crippen LogP contribution in [0, 0.1) is 19.3 Å². The lowest BCUT2D eigenvalue weighted by Gasteiger charge is -2.35. The number of carboxylic acid groups (broad SMARTS) is 1. The molecule has 0 saturated carbocycles. The largest absolute Gasteiger partial charge is 0.507 e. The number of methoxy groups -OCH3 is 1. The Labute approximate surface area is 228 Å². The van der Waals surface area contributed by atoms with Crippen molar-refractivity contribution in [3.63, 3.8) is 0 Å². The van der Waals surface area contributed by atoms with Crippen LogP contribution in [0.15, 0.2) is 36.4 Å². The van der Waals surface area contributed by atoms with E-state index >= 15 is 0 Å². The van der Waals surface area contributed by atoms with Gasteiger partial charge in [0.1, 0.15) is 18.1 Å². The smallest absolute Gasteiger partial charge is 0.328 e. The van der Waals surface area contributed by atoms with Gasteiger partial charge in [0.15, 0.2) is 0 Å². The molecule has 0 heterocycles. The Hall–Kier alpha value is -2.83. The Morgan fingerprint density at radius 3 is 2.18 bits per heavy atom. The molecule has 0 radical (unpaired) electrons. The van der Waals surface area contributed by atoms with Crippen LogP contribution in [0.1, 0.15) is 81.7 Å². The van der Waals surface area contributed by atoms with Crippen molar-refractivity contribution in [2.24, 2.45) is 5.41 Å². The van der Waals surface area contributed by atoms with Crippen LogP contribution in [0.3, 0.4) is 0 Å². The highest BCUT2D eigenvalue weighted by molar-refractivity contribution is 5.86. The van der Waals surface area contributed by atoms with Crippen LogP contribution in [-0.4, -0.2) is 49.2 Å². The third kappa shape index (κ3) is 7.39. The van der Waals surface area contributed by atoms with Gasteiger partial charge in [0, 0.05) is 24.2 Å². The molecule has 0 amide bonds. The summed E-state index contributed by atoms with van der Waals surface area (Å²) in [5.41, 5.74) is 4.13. The number of phenolic OH excluding ortho intramolecular Hbond substituents is 1. The van der Waals surface area contributed by atoms with Gasteiger partial charge in [-0.1, -0.05) is 52.8 Å². The van der Waals surface area contributed by atoms with E-state index in [-0.39, 0.29) is 22.7 Å². The number of rotatable bonds is 15. The molecular weight excluding hydrogens is 480 g/mol. The van der Waals surface area contributed by atoms with E-state index in [2.05, 4.69) is 53.7 Å². The van der Waals surface area contributed by atoms with Crippen molar-refractivity contribution >= 4 is 12.0 Å². The fourth-order valence-corrected chi connectivity index (χ4v) is 4.88. The second-order valence-electron chi connectivity index (χ2n) is 10.7. The summed E-state index contributed by atoms with van der Waals surface area (Å²) >= 11 is 0. The first kappa shape index (κ1) is 31.4. The predicted octanol–water partition coefficient (Wildman–Crippen LogP) is 7.06. The van der Waals surface area contributed by atoms with Gasteiger partial charge in [-0.15, -0.1) is 0 Å². The maximum Gasteiger partial charge on any atom is 0.328 e. The molecule has 2 rings (SSSR count). The molecular formula is C32H46O6. The Kier molecular flexibility index (Phi) is 11.4. The first-order chi connectivity index (χ1) is 17.9. The molecule has 38 heavy (non-hydrogen) atoms.